The summed E-state index contributed by atoms with van der Waals surface area (Å²) >= 11 is 1.92. The molecule has 0 amide bonds. The number of aryl methyl sites for hydroxylation is 1. The minimum Gasteiger partial charge on any atom is -0.245 e. The van der Waals surface area contributed by atoms with Crippen LogP contribution in [0, 0.1) is 42.3 Å². The summed E-state index contributed by atoms with van der Waals surface area (Å²) in [6.07, 6.45) is 16.8. The number of rotatable bonds is 6. The standard InChI is InChI=1S/C33H42FNS/c1-20(16-27-18-23(4)32-21(2)6-15-29(27)32)17-31-22(3)19-30(34)33(35-31)26-9-7-24(8-10-26)25-11-13-28(36-5)14-12-25/h7-11,13,17,19,21,23,25,27-29,32H,6,12,14-16,18H2,1-5H3/b20-17+. The van der Waals surface area contributed by atoms with E-state index in [1.807, 2.05) is 30.8 Å². The molecule has 1 heterocycles. The van der Waals surface area contributed by atoms with Crippen LogP contribution in [0.2, 0.25) is 0 Å². The van der Waals surface area contributed by atoms with Gasteiger partial charge in [0.05, 0.1) is 5.69 Å². The van der Waals surface area contributed by atoms with Gasteiger partial charge in [0.15, 0.2) is 0 Å². The molecule has 192 valence electrons. The maximum atomic E-state index is 15.0. The maximum Gasteiger partial charge on any atom is 0.149 e. The second-order valence-corrected chi connectivity index (χ2v) is 13.0. The van der Waals surface area contributed by atoms with Crippen LogP contribution in [0.15, 0.2) is 48.1 Å². The molecule has 7 unspecified atom stereocenters. The van der Waals surface area contributed by atoms with Gasteiger partial charge in [-0.3, -0.25) is 0 Å². The molecule has 2 fully saturated rings. The normalized spacial score (nSPS) is 32.2. The summed E-state index contributed by atoms with van der Waals surface area (Å²) < 4.78 is 15.0. The van der Waals surface area contributed by atoms with Crippen LogP contribution in [-0.2, 0) is 0 Å². The lowest BCUT2D eigenvalue weighted by molar-refractivity contribution is 0.288. The van der Waals surface area contributed by atoms with Gasteiger partial charge in [-0.2, -0.15) is 11.8 Å². The van der Waals surface area contributed by atoms with E-state index in [1.54, 1.807) is 6.07 Å². The van der Waals surface area contributed by atoms with Crippen molar-refractivity contribution in [2.45, 2.75) is 77.4 Å². The van der Waals surface area contributed by atoms with Crippen LogP contribution in [0.5, 0.6) is 0 Å². The SMILES string of the molecule is CSC1C=CC(c2ccc(-c3nc(/C=C(\C)CC4CC(C)C5C(C)CCC45)c(C)cc3F)cc2)CC1. The lowest BCUT2D eigenvalue weighted by Crippen LogP contribution is -2.14. The van der Waals surface area contributed by atoms with Crippen molar-refractivity contribution in [3.63, 3.8) is 0 Å². The largest absolute Gasteiger partial charge is 0.245 e. The number of thioether (sulfide) groups is 1. The zero-order chi connectivity index (χ0) is 25.4. The molecule has 0 radical (unpaired) electrons. The molecule has 5 rings (SSSR count). The number of hydrogen-bond acceptors (Lipinski definition) is 2. The summed E-state index contributed by atoms with van der Waals surface area (Å²) in [5, 5.41) is 0.640. The van der Waals surface area contributed by atoms with Gasteiger partial charge in [0.1, 0.15) is 11.5 Å². The number of pyridine rings is 1. The van der Waals surface area contributed by atoms with E-state index in [2.05, 4.69) is 57.4 Å². The molecule has 0 aliphatic heterocycles. The molecule has 0 spiro atoms. The van der Waals surface area contributed by atoms with Gasteiger partial charge in [0.2, 0.25) is 0 Å². The molecular formula is C33H42FNS. The Morgan fingerprint density at radius 2 is 1.83 bits per heavy atom. The third kappa shape index (κ3) is 5.23. The summed E-state index contributed by atoms with van der Waals surface area (Å²) in [4.78, 5) is 4.85. The number of aromatic nitrogens is 1. The highest BCUT2D eigenvalue weighted by Gasteiger charge is 2.46. The summed E-state index contributed by atoms with van der Waals surface area (Å²) in [5.74, 6) is 4.55. The van der Waals surface area contributed by atoms with Crippen LogP contribution in [0.4, 0.5) is 4.39 Å². The zero-order valence-electron chi connectivity index (χ0n) is 22.6. The molecule has 3 aliphatic rings. The van der Waals surface area contributed by atoms with Crippen LogP contribution in [0.3, 0.4) is 0 Å². The molecule has 0 N–H and O–H groups in total. The molecule has 7 atom stereocenters. The number of hydrogen-bond donors (Lipinski definition) is 0. The van der Waals surface area contributed by atoms with Crippen LogP contribution >= 0.6 is 11.8 Å². The van der Waals surface area contributed by atoms with Crippen molar-refractivity contribution < 1.29 is 4.39 Å². The molecule has 1 aromatic carbocycles. The van der Waals surface area contributed by atoms with Gasteiger partial charge in [0.25, 0.3) is 0 Å². The fourth-order valence-electron chi connectivity index (χ4n) is 7.64. The third-order valence-electron chi connectivity index (χ3n) is 9.45. The van der Waals surface area contributed by atoms with Gasteiger partial charge in [-0.25, -0.2) is 9.37 Å². The first-order valence-electron chi connectivity index (χ1n) is 14.0. The fourth-order valence-corrected chi connectivity index (χ4v) is 8.26. The van der Waals surface area contributed by atoms with Crippen molar-refractivity contribution in [3.05, 3.63) is 70.7 Å². The first kappa shape index (κ1) is 25.8. The van der Waals surface area contributed by atoms with E-state index in [0.29, 0.717) is 16.9 Å². The molecule has 0 bridgehead atoms. The van der Waals surface area contributed by atoms with Crippen LogP contribution in [-0.4, -0.2) is 16.5 Å². The van der Waals surface area contributed by atoms with Gasteiger partial charge in [-0.15, -0.1) is 0 Å². The molecule has 1 nitrogen and oxygen atoms in total. The average Bonchev–Trinajstić information content (AvgIpc) is 3.41. The van der Waals surface area contributed by atoms with Crippen molar-refractivity contribution in [1.82, 2.24) is 4.98 Å². The summed E-state index contributed by atoms with van der Waals surface area (Å²) in [6, 6.07) is 10.1. The molecule has 2 saturated carbocycles. The Labute approximate surface area is 222 Å². The monoisotopic (exact) mass is 503 g/mol. The van der Waals surface area contributed by atoms with E-state index in [4.69, 9.17) is 4.98 Å². The summed E-state index contributed by atoms with van der Waals surface area (Å²) in [6.45, 7) is 9.15. The highest BCUT2D eigenvalue weighted by Crippen LogP contribution is 2.55. The third-order valence-corrected chi connectivity index (χ3v) is 10.5. The number of halogens is 1. The molecule has 3 aliphatic carbocycles. The maximum absolute atomic E-state index is 15.0. The molecule has 1 aromatic heterocycles. The van der Waals surface area contributed by atoms with Crippen molar-refractivity contribution in [3.8, 4) is 11.3 Å². The van der Waals surface area contributed by atoms with E-state index >= 15 is 4.39 Å². The van der Waals surface area contributed by atoms with E-state index in [-0.39, 0.29) is 5.82 Å². The molecule has 36 heavy (non-hydrogen) atoms. The lowest BCUT2D eigenvalue weighted by atomic mass is 9.84. The first-order valence-corrected chi connectivity index (χ1v) is 15.3. The number of fused-ring (bicyclic) bond motifs is 1. The summed E-state index contributed by atoms with van der Waals surface area (Å²) in [5.41, 5.74) is 5.83. The second-order valence-electron chi connectivity index (χ2n) is 11.9. The van der Waals surface area contributed by atoms with Crippen LogP contribution in [0.25, 0.3) is 17.3 Å². The Balaban J connectivity index is 1.33. The Morgan fingerprint density at radius 1 is 1.06 bits per heavy atom. The van der Waals surface area contributed by atoms with Crippen molar-refractivity contribution in [2.24, 2.45) is 29.6 Å². The van der Waals surface area contributed by atoms with Crippen molar-refractivity contribution in [1.29, 1.82) is 0 Å². The van der Waals surface area contributed by atoms with Gasteiger partial charge in [0, 0.05) is 16.7 Å². The lowest BCUT2D eigenvalue weighted by Gasteiger charge is -2.22. The molecule has 0 saturated heterocycles. The van der Waals surface area contributed by atoms with Gasteiger partial charge >= 0.3 is 0 Å². The van der Waals surface area contributed by atoms with Crippen LogP contribution < -0.4 is 0 Å². The fraction of sp³-hybridized carbons (Fsp3) is 0.545. The molecule has 2 aromatic rings. The topological polar surface area (TPSA) is 12.9 Å². The molecule has 3 heteroatoms. The van der Waals surface area contributed by atoms with Gasteiger partial charge in [-0.1, -0.05) is 62.3 Å². The highest BCUT2D eigenvalue weighted by molar-refractivity contribution is 7.99. The number of nitrogens with zero attached hydrogens (tertiary/aromatic N) is 1. The molecular weight excluding hydrogens is 461 g/mol. The second kappa shape index (κ2) is 10.9. The zero-order valence-corrected chi connectivity index (χ0v) is 23.5. The Kier molecular flexibility index (Phi) is 7.77. The predicted molar refractivity (Wildman–Crippen MR) is 154 cm³/mol. The Bertz CT molecular complexity index is 1130. The average molecular weight is 504 g/mol. The Hall–Kier alpha value is -1.87. The van der Waals surface area contributed by atoms with Crippen molar-refractivity contribution in [2.75, 3.05) is 6.26 Å². The highest BCUT2D eigenvalue weighted by atomic mass is 32.2. The minimum absolute atomic E-state index is 0.233. The number of allylic oxidation sites excluding steroid dienone is 2. The van der Waals surface area contributed by atoms with Gasteiger partial charge in [-0.05, 0) is 105 Å². The summed E-state index contributed by atoms with van der Waals surface area (Å²) in [7, 11) is 0. The first-order chi connectivity index (χ1) is 17.3. The smallest absolute Gasteiger partial charge is 0.149 e. The number of benzene rings is 1. The van der Waals surface area contributed by atoms with Crippen LogP contribution in [0.1, 0.15) is 82.0 Å². The van der Waals surface area contributed by atoms with Crippen molar-refractivity contribution >= 4 is 17.8 Å². The van der Waals surface area contributed by atoms with Gasteiger partial charge < -0.3 is 0 Å². The van der Waals surface area contributed by atoms with E-state index in [0.717, 1.165) is 52.8 Å². The predicted octanol–water partition coefficient (Wildman–Crippen LogP) is 9.47. The van der Waals surface area contributed by atoms with E-state index in [9.17, 15) is 0 Å². The van der Waals surface area contributed by atoms with E-state index in [1.165, 1.54) is 43.2 Å². The Morgan fingerprint density at radius 3 is 2.53 bits per heavy atom. The quantitative estimate of drug-likeness (QED) is 0.364. The minimum atomic E-state index is -0.233. The van der Waals surface area contributed by atoms with E-state index < -0.39 is 0 Å².